The highest BCUT2D eigenvalue weighted by atomic mass is 16.5. The Morgan fingerprint density at radius 2 is 2.06 bits per heavy atom. The molecule has 0 saturated heterocycles. The molecular weight excluding hydrogens is 200 g/mol. The van der Waals surface area contributed by atoms with E-state index in [4.69, 9.17) is 10.5 Å². The average molecular weight is 222 g/mol. The van der Waals surface area contributed by atoms with E-state index in [1.165, 1.54) is 0 Å². The fraction of sp³-hybridized carbons (Fsp3) is 0.538. The van der Waals surface area contributed by atoms with Gasteiger partial charge in [0.25, 0.3) is 0 Å². The van der Waals surface area contributed by atoms with Gasteiger partial charge in [0.05, 0.1) is 6.61 Å². The van der Waals surface area contributed by atoms with Gasteiger partial charge in [0, 0.05) is 24.3 Å². The molecule has 3 N–H and O–H groups in total. The molecule has 1 aromatic rings. The van der Waals surface area contributed by atoms with Crippen LogP contribution in [0.5, 0.6) is 5.75 Å². The van der Waals surface area contributed by atoms with Gasteiger partial charge in [-0.25, -0.2) is 0 Å². The first kappa shape index (κ1) is 12.8. The highest BCUT2D eigenvalue weighted by molar-refractivity contribution is 5.48. The minimum atomic E-state index is 0.278. The number of nitrogens with two attached hydrogens (primary N) is 1. The van der Waals surface area contributed by atoms with Crippen LogP contribution in [-0.4, -0.2) is 19.2 Å². The van der Waals surface area contributed by atoms with Gasteiger partial charge >= 0.3 is 0 Å². The molecule has 3 heteroatoms. The Bertz CT molecular complexity index is 313. The molecule has 1 aromatic carbocycles. The third-order valence-electron chi connectivity index (χ3n) is 2.18. The molecule has 0 bridgehead atoms. The zero-order valence-electron chi connectivity index (χ0n) is 10.4. The number of nitrogens with one attached hydrogen (secondary N) is 1. The van der Waals surface area contributed by atoms with Gasteiger partial charge in [-0.05, 0) is 25.0 Å². The van der Waals surface area contributed by atoms with E-state index in [0.717, 1.165) is 18.0 Å². The number of hydrogen-bond donors (Lipinski definition) is 2. The third-order valence-corrected chi connectivity index (χ3v) is 2.18. The fourth-order valence-electron chi connectivity index (χ4n) is 1.28. The maximum atomic E-state index is 5.65. The van der Waals surface area contributed by atoms with E-state index in [2.05, 4.69) is 26.1 Å². The van der Waals surface area contributed by atoms with Crippen LogP contribution in [0.25, 0.3) is 0 Å². The molecule has 0 aliphatic heterocycles. The Labute approximate surface area is 98.0 Å². The van der Waals surface area contributed by atoms with Gasteiger partial charge < -0.3 is 15.8 Å². The van der Waals surface area contributed by atoms with Crippen LogP contribution in [0.3, 0.4) is 0 Å². The maximum absolute atomic E-state index is 5.65. The summed E-state index contributed by atoms with van der Waals surface area (Å²) in [6.07, 6.45) is 0. The van der Waals surface area contributed by atoms with E-state index in [-0.39, 0.29) is 6.04 Å². The van der Waals surface area contributed by atoms with Crippen molar-refractivity contribution < 1.29 is 4.74 Å². The molecule has 0 saturated carbocycles. The molecule has 1 rings (SSSR count). The van der Waals surface area contributed by atoms with Crippen LogP contribution in [0.2, 0.25) is 0 Å². The van der Waals surface area contributed by atoms with E-state index >= 15 is 0 Å². The van der Waals surface area contributed by atoms with Gasteiger partial charge in [-0.1, -0.05) is 19.9 Å². The monoisotopic (exact) mass is 222 g/mol. The highest BCUT2D eigenvalue weighted by Crippen LogP contribution is 2.18. The molecule has 0 aliphatic rings. The summed E-state index contributed by atoms with van der Waals surface area (Å²) in [6.45, 7) is 7.70. The summed E-state index contributed by atoms with van der Waals surface area (Å²) in [4.78, 5) is 0. The first-order valence-electron chi connectivity index (χ1n) is 5.81. The molecule has 1 unspecified atom stereocenters. The van der Waals surface area contributed by atoms with Gasteiger partial charge in [-0.2, -0.15) is 0 Å². The van der Waals surface area contributed by atoms with Crippen molar-refractivity contribution in [3.63, 3.8) is 0 Å². The molecule has 16 heavy (non-hydrogen) atoms. The summed E-state index contributed by atoms with van der Waals surface area (Å²) in [5, 5.41) is 3.31. The van der Waals surface area contributed by atoms with Crippen LogP contribution < -0.4 is 15.8 Å². The lowest BCUT2D eigenvalue weighted by Gasteiger charge is -2.14. The molecule has 0 heterocycles. The van der Waals surface area contributed by atoms with Crippen molar-refractivity contribution in [3.05, 3.63) is 24.3 Å². The number of hydrogen-bond acceptors (Lipinski definition) is 3. The minimum Gasteiger partial charge on any atom is -0.493 e. The first-order chi connectivity index (χ1) is 7.61. The summed E-state index contributed by atoms with van der Waals surface area (Å²) in [5.41, 5.74) is 6.62. The zero-order chi connectivity index (χ0) is 12.0. The quantitative estimate of drug-likeness (QED) is 0.777. The van der Waals surface area contributed by atoms with Crippen molar-refractivity contribution in [1.29, 1.82) is 0 Å². The molecular formula is C13H22N2O. The molecule has 0 radical (unpaired) electrons. The van der Waals surface area contributed by atoms with Gasteiger partial charge in [0.2, 0.25) is 0 Å². The van der Waals surface area contributed by atoms with Crippen molar-refractivity contribution in [1.82, 2.24) is 0 Å². The Kier molecular flexibility index (Phi) is 5.12. The van der Waals surface area contributed by atoms with Gasteiger partial charge in [-0.15, -0.1) is 0 Å². The number of anilines is 1. The molecule has 1 atom stereocenters. The van der Waals surface area contributed by atoms with E-state index < -0.39 is 0 Å². The number of rotatable bonds is 6. The van der Waals surface area contributed by atoms with Gasteiger partial charge in [0.1, 0.15) is 5.75 Å². The van der Waals surface area contributed by atoms with E-state index in [9.17, 15) is 0 Å². The molecule has 0 aromatic heterocycles. The Balaban J connectivity index is 2.56. The second-order valence-corrected chi connectivity index (χ2v) is 4.51. The lowest BCUT2D eigenvalue weighted by molar-refractivity contribution is 0.271. The van der Waals surface area contributed by atoms with Gasteiger partial charge in [-0.3, -0.25) is 0 Å². The van der Waals surface area contributed by atoms with Crippen molar-refractivity contribution in [2.75, 3.05) is 18.5 Å². The molecule has 0 aliphatic carbocycles. The standard InChI is InChI=1S/C13H22N2O/c1-10(2)9-16-13-6-4-5-12(7-13)15-11(3)8-14/h4-7,10-11,15H,8-9,14H2,1-3H3. The number of benzene rings is 1. The van der Waals surface area contributed by atoms with Crippen LogP contribution in [-0.2, 0) is 0 Å². The zero-order valence-corrected chi connectivity index (χ0v) is 10.4. The normalized spacial score (nSPS) is 12.6. The Morgan fingerprint density at radius 3 is 2.69 bits per heavy atom. The predicted molar refractivity (Wildman–Crippen MR) is 68.9 cm³/mol. The summed E-state index contributed by atoms with van der Waals surface area (Å²) in [5.74, 6) is 1.45. The minimum absolute atomic E-state index is 0.278. The molecule has 0 spiro atoms. The average Bonchev–Trinajstić information content (AvgIpc) is 2.26. The first-order valence-corrected chi connectivity index (χ1v) is 5.81. The van der Waals surface area contributed by atoms with Crippen molar-refractivity contribution in [2.24, 2.45) is 11.7 Å². The fourth-order valence-corrected chi connectivity index (χ4v) is 1.28. The summed E-state index contributed by atoms with van der Waals surface area (Å²) >= 11 is 0. The van der Waals surface area contributed by atoms with Crippen LogP contribution in [0.4, 0.5) is 5.69 Å². The second kappa shape index (κ2) is 6.38. The van der Waals surface area contributed by atoms with E-state index in [1.807, 2.05) is 24.3 Å². The summed E-state index contributed by atoms with van der Waals surface area (Å²) < 4.78 is 5.65. The van der Waals surface area contributed by atoms with Crippen LogP contribution >= 0.6 is 0 Å². The van der Waals surface area contributed by atoms with Crippen molar-refractivity contribution >= 4 is 5.69 Å². The Hall–Kier alpha value is -1.22. The lowest BCUT2D eigenvalue weighted by atomic mass is 10.2. The lowest BCUT2D eigenvalue weighted by Crippen LogP contribution is -2.25. The predicted octanol–water partition coefficient (Wildman–Crippen LogP) is 2.48. The van der Waals surface area contributed by atoms with Crippen molar-refractivity contribution in [2.45, 2.75) is 26.8 Å². The smallest absolute Gasteiger partial charge is 0.121 e. The molecule has 0 fully saturated rings. The number of ether oxygens (including phenoxy) is 1. The summed E-state index contributed by atoms with van der Waals surface area (Å²) in [7, 11) is 0. The molecule has 3 nitrogen and oxygen atoms in total. The van der Waals surface area contributed by atoms with Crippen molar-refractivity contribution in [3.8, 4) is 5.75 Å². The topological polar surface area (TPSA) is 47.3 Å². The molecule has 0 amide bonds. The molecule has 90 valence electrons. The SMILES string of the molecule is CC(C)COc1cccc(NC(C)CN)c1. The largest absolute Gasteiger partial charge is 0.493 e. The van der Waals surface area contributed by atoms with Gasteiger partial charge in [0.15, 0.2) is 0 Å². The maximum Gasteiger partial charge on any atom is 0.121 e. The van der Waals surface area contributed by atoms with Crippen LogP contribution in [0, 0.1) is 5.92 Å². The second-order valence-electron chi connectivity index (χ2n) is 4.51. The highest BCUT2D eigenvalue weighted by Gasteiger charge is 2.01. The third kappa shape index (κ3) is 4.53. The van der Waals surface area contributed by atoms with Crippen LogP contribution in [0.15, 0.2) is 24.3 Å². The Morgan fingerprint density at radius 1 is 1.31 bits per heavy atom. The van der Waals surface area contributed by atoms with E-state index in [0.29, 0.717) is 12.5 Å². The summed E-state index contributed by atoms with van der Waals surface area (Å²) in [6, 6.07) is 8.27. The van der Waals surface area contributed by atoms with E-state index in [1.54, 1.807) is 0 Å². The van der Waals surface area contributed by atoms with Crippen LogP contribution in [0.1, 0.15) is 20.8 Å².